The molecule has 6 nitrogen and oxygen atoms in total. The molecule has 8 heteroatoms. The van der Waals surface area contributed by atoms with Gasteiger partial charge in [0.1, 0.15) is 5.69 Å². The van der Waals surface area contributed by atoms with Crippen molar-refractivity contribution in [2.45, 2.75) is 0 Å². The summed E-state index contributed by atoms with van der Waals surface area (Å²) in [6.45, 7) is 0. The summed E-state index contributed by atoms with van der Waals surface area (Å²) in [6.07, 6.45) is 0. The van der Waals surface area contributed by atoms with E-state index in [0.29, 0.717) is 5.56 Å². The molecule has 2 aromatic rings. The molecule has 0 aliphatic rings. The second-order valence-corrected chi connectivity index (χ2v) is 5.87. The third kappa shape index (κ3) is 2.82. The van der Waals surface area contributed by atoms with Crippen LogP contribution in [0.1, 0.15) is 20.8 Å². The van der Waals surface area contributed by atoms with Crippen molar-refractivity contribution in [3.05, 3.63) is 31.7 Å². The van der Waals surface area contributed by atoms with Gasteiger partial charge in [-0.15, -0.1) is 11.3 Å². The zero-order valence-electron chi connectivity index (χ0n) is 8.23. The first-order chi connectivity index (χ1) is 8.06. The minimum Gasteiger partial charge on any atom is -0.477 e. The summed E-state index contributed by atoms with van der Waals surface area (Å²) in [7, 11) is 0. The van der Waals surface area contributed by atoms with Gasteiger partial charge in [-0.25, -0.2) is 4.79 Å². The number of H-pyrrole nitrogens is 1. The lowest BCUT2D eigenvalue weighted by Crippen LogP contribution is -2.11. The molecule has 0 aromatic carbocycles. The number of anilines is 1. The fourth-order valence-corrected chi connectivity index (χ4v) is 2.44. The minimum atomic E-state index is -1.12. The molecule has 0 spiro atoms. The number of rotatable bonds is 3. The molecule has 0 bridgehead atoms. The number of amides is 1. The van der Waals surface area contributed by atoms with E-state index >= 15 is 0 Å². The predicted octanol–water partition coefficient (Wildman–Crippen LogP) is 2.03. The molecular formula is C9H6IN3O3S. The summed E-state index contributed by atoms with van der Waals surface area (Å²) in [5.41, 5.74) is 0.458. The lowest BCUT2D eigenvalue weighted by atomic mass is 10.3. The van der Waals surface area contributed by atoms with E-state index in [-0.39, 0.29) is 17.4 Å². The molecule has 0 saturated heterocycles. The van der Waals surface area contributed by atoms with Gasteiger partial charge in [0.05, 0.1) is 8.45 Å². The smallest absolute Gasteiger partial charge is 0.353 e. The number of carbonyl (C=O) groups is 2. The number of aromatic nitrogens is 2. The molecule has 0 aliphatic heterocycles. The number of halogens is 1. The molecule has 0 fully saturated rings. The second-order valence-electron chi connectivity index (χ2n) is 3.07. The van der Waals surface area contributed by atoms with Gasteiger partial charge in [0.2, 0.25) is 0 Å². The van der Waals surface area contributed by atoms with Gasteiger partial charge < -0.3 is 10.4 Å². The van der Waals surface area contributed by atoms with Crippen LogP contribution in [0.3, 0.4) is 0 Å². The molecular weight excluding hydrogens is 357 g/mol. The van der Waals surface area contributed by atoms with Crippen molar-refractivity contribution in [3.63, 3.8) is 0 Å². The van der Waals surface area contributed by atoms with Crippen LogP contribution in [0.25, 0.3) is 0 Å². The maximum atomic E-state index is 11.7. The SMILES string of the molecule is O=C(Nc1cc(C(=O)O)[nH]n1)c1csc(I)c1. The zero-order chi connectivity index (χ0) is 12.4. The van der Waals surface area contributed by atoms with Crippen LogP contribution < -0.4 is 5.32 Å². The Labute approximate surface area is 113 Å². The first-order valence-corrected chi connectivity index (χ1v) is 6.36. The molecule has 2 aromatic heterocycles. The number of aromatic amines is 1. The van der Waals surface area contributed by atoms with Gasteiger partial charge in [0.15, 0.2) is 5.82 Å². The Morgan fingerprint density at radius 2 is 2.24 bits per heavy atom. The van der Waals surface area contributed by atoms with Crippen molar-refractivity contribution >= 4 is 51.6 Å². The highest BCUT2D eigenvalue weighted by Crippen LogP contribution is 2.17. The number of hydrogen-bond donors (Lipinski definition) is 3. The zero-order valence-corrected chi connectivity index (χ0v) is 11.2. The lowest BCUT2D eigenvalue weighted by molar-refractivity contribution is 0.0690. The van der Waals surface area contributed by atoms with Crippen LogP contribution in [0.5, 0.6) is 0 Å². The van der Waals surface area contributed by atoms with E-state index in [0.717, 1.165) is 2.88 Å². The Balaban J connectivity index is 2.10. The number of nitrogens with one attached hydrogen (secondary N) is 2. The highest BCUT2D eigenvalue weighted by Gasteiger charge is 2.12. The number of carbonyl (C=O) groups excluding carboxylic acids is 1. The fraction of sp³-hybridized carbons (Fsp3) is 0. The second kappa shape index (κ2) is 4.84. The monoisotopic (exact) mass is 363 g/mol. The number of aromatic carboxylic acids is 1. The van der Waals surface area contributed by atoms with Crippen molar-refractivity contribution in [1.29, 1.82) is 0 Å². The Kier molecular flexibility index (Phi) is 3.43. The molecule has 0 atom stereocenters. The van der Waals surface area contributed by atoms with Gasteiger partial charge in [-0.2, -0.15) is 5.10 Å². The van der Waals surface area contributed by atoms with Crippen LogP contribution in [0.2, 0.25) is 0 Å². The Hall–Kier alpha value is -1.42. The highest BCUT2D eigenvalue weighted by atomic mass is 127. The first kappa shape index (κ1) is 12.0. The Morgan fingerprint density at radius 3 is 2.76 bits per heavy atom. The third-order valence-electron chi connectivity index (χ3n) is 1.88. The topological polar surface area (TPSA) is 95.1 Å². The predicted molar refractivity (Wildman–Crippen MR) is 70.5 cm³/mol. The number of carboxylic acid groups (broad SMARTS) is 1. The summed E-state index contributed by atoms with van der Waals surface area (Å²) in [4.78, 5) is 22.3. The van der Waals surface area contributed by atoms with Gasteiger partial charge in [-0.3, -0.25) is 9.89 Å². The maximum Gasteiger partial charge on any atom is 0.353 e. The molecule has 3 N–H and O–H groups in total. The summed E-state index contributed by atoms with van der Waals surface area (Å²) in [5.74, 6) is -1.25. The van der Waals surface area contributed by atoms with E-state index in [1.54, 1.807) is 11.4 Å². The molecule has 0 unspecified atom stereocenters. The van der Waals surface area contributed by atoms with E-state index in [1.807, 2.05) is 0 Å². The van der Waals surface area contributed by atoms with E-state index in [1.165, 1.54) is 17.4 Å². The van der Waals surface area contributed by atoms with Crippen LogP contribution in [0, 0.1) is 2.88 Å². The minimum absolute atomic E-state index is 0.0693. The number of thiophene rings is 1. The largest absolute Gasteiger partial charge is 0.477 e. The van der Waals surface area contributed by atoms with Crippen molar-refractivity contribution < 1.29 is 14.7 Å². The first-order valence-electron chi connectivity index (χ1n) is 4.40. The summed E-state index contributed by atoms with van der Waals surface area (Å²) in [6, 6.07) is 3.00. The van der Waals surface area contributed by atoms with Crippen LogP contribution in [-0.2, 0) is 0 Å². The average Bonchev–Trinajstić information content (AvgIpc) is 2.86. The number of hydrogen-bond acceptors (Lipinski definition) is 4. The fourth-order valence-electron chi connectivity index (χ4n) is 1.11. The standard InChI is InChI=1S/C9H6IN3O3S/c10-6-1-4(3-17-6)8(14)11-7-2-5(9(15)16)12-13-7/h1-3H,(H,15,16)(H2,11,12,13,14). The van der Waals surface area contributed by atoms with Crippen molar-refractivity contribution in [3.8, 4) is 0 Å². The van der Waals surface area contributed by atoms with Gasteiger partial charge >= 0.3 is 5.97 Å². The molecule has 0 radical (unpaired) electrons. The molecule has 0 saturated carbocycles. The van der Waals surface area contributed by atoms with Crippen LogP contribution >= 0.6 is 33.9 Å². The molecule has 1 amide bonds. The number of nitrogens with zero attached hydrogens (tertiary/aromatic N) is 1. The van der Waals surface area contributed by atoms with Crippen molar-refractivity contribution in [2.75, 3.05) is 5.32 Å². The van der Waals surface area contributed by atoms with Gasteiger partial charge in [0.25, 0.3) is 5.91 Å². The quantitative estimate of drug-likeness (QED) is 0.728. The molecule has 2 heterocycles. The normalized spacial score (nSPS) is 10.2. The molecule has 2 rings (SSSR count). The van der Waals surface area contributed by atoms with Gasteiger partial charge in [-0.1, -0.05) is 0 Å². The van der Waals surface area contributed by atoms with Gasteiger partial charge in [0, 0.05) is 11.4 Å². The number of carboxylic acids is 1. The van der Waals surface area contributed by atoms with E-state index in [2.05, 4.69) is 38.1 Å². The highest BCUT2D eigenvalue weighted by molar-refractivity contribution is 14.1. The van der Waals surface area contributed by atoms with Gasteiger partial charge in [-0.05, 0) is 28.7 Å². The summed E-state index contributed by atoms with van der Waals surface area (Å²) < 4.78 is 1.00. The Morgan fingerprint density at radius 1 is 1.47 bits per heavy atom. The van der Waals surface area contributed by atoms with Crippen molar-refractivity contribution in [1.82, 2.24) is 10.2 Å². The molecule has 0 aliphatic carbocycles. The van der Waals surface area contributed by atoms with Crippen LogP contribution in [0.15, 0.2) is 17.5 Å². The van der Waals surface area contributed by atoms with E-state index < -0.39 is 5.97 Å². The van der Waals surface area contributed by atoms with Crippen LogP contribution in [-0.4, -0.2) is 27.2 Å². The maximum absolute atomic E-state index is 11.7. The molecule has 88 valence electrons. The van der Waals surface area contributed by atoms with E-state index in [4.69, 9.17) is 5.11 Å². The third-order valence-corrected chi connectivity index (χ3v) is 3.67. The van der Waals surface area contributed by atoms with E-state index in [9.17, 15) is 9.59 Å². The average molecular weight is 363 g/mol. The molecule has 17 heavy (non-hydrogen) atoms. The van der Waals surface area contributed by atoms with Crippen molar-refractivity contribution in [2.24, 2.45) is 0 Å². The summed E-state index contributed by atoms with van der Waals surface area (Å²) >= 11 is 3.57. The lowest BCUT2D eigenvalue weighted by Gasteiger charge is -1.97. The van der Waals surface area contributed by atoms with Crippen LogP contribution in [0.4, 0.5) is 5.82 Å². The Bertz CT molecular complexity index is 578. The summed E-state index contributed by atoms with van der Waals surface area (Å²) in [5, 5.41) is 18.9.